The molecule has 0 aromatic carbocycles. The molecule has 0 aliphatic rings. The highest BCUT2D eigenvalue weighted by Gasteiger charge is 2.11. The highest BCUT2D eigenvalue weighted by molar-refractivity contribution is 4.63. The molecule has 2 N–H and O–H groups in total. The average Bonchev–Trinajstić information content (AvgIpc) is 2.57. The van der Waals surface area contributed by atoms with Gasteiger partial charge >= 0.3 is 0 Å². The molecule has 0 unspecified atom stereocenters. The SMILES string of the molecule is CCCCCCCCCCCCCCCCC[C@@H](O)[C@@H](C)CO. The molecule has 0 saturated heterocycles. The summed E-state index contributed by atoms with van der Waals surface area (Å²) in [6.45, 7) is 4.29. The molecule has 0 fully saturated rings. The van der Waals surface area contributed by atoms with Crippen LogP contribution in [0.1, 0.15) is 117 Å². The smallest absolute Gasteiger partial charge is 0.0587 e. The molecule has 0 amide bonds. The van der Waals surface area contributed by atoms with E-state index in [0.717, 1.165) is 12.8 Å². The lowest BCUT2D eigenvalue weighted by atomic mass is 9.99. The summed E-state index contributed by atoms with van der Waals surface area (Å²) < 4.78 is 0. The molecule has 0 saturated carbocycles. The van der Waals surface area contributed by atoms with Crippen molar-refractivity contribution >= 4 is 0 Å². The van der Waals surface area contributed by atoms with Crippen molar-refractivity contribution in [3.8, 4) is 0 Å². The lowest BCUT2D eigenvalue weighted by molar-refractivity contribution is 0.0685. The third kappa shape index (κ3) is 16.6. The lowest BCUT2D eigenvalue weighted by Crippen LogP contribution is -2.20. The summed E-state index contributed by atoms with van der Waals surface area (Å²) in [7, 11) is 0. The van der Waals surface area contributed by atoms with Crippen LogP contribution in [-0.2, 0) is 0 Å². The Kier molecular flexibility index (Phi) is 18.2. The Labute approximate surface area is 146 Å². The van der Waals surface area contributed by atoms with Gasteiger partial charge in [-0.15, -0.1) is 0 Å². The molecule has 0 radical (unpaired) electrons. The number of hydrogen-bond acceptors (Lipinski definition) is 2. The first kappa shape index (κ1) is 22.9. The van der Waals surface area contributed by atoms with Crippen LogP contribution < -0.4 is 0 Å². The number of aliphatic hydroxyl groups is 2. The van der Waals surface area contributed by atoms with Crippen LogP contribution >= 0.6 is 0 Å². The van der Waals surface area contributed by atoms with E-state index in [2.05, 4.69) is 6.92 Å². The normalized spacial score (nSPS) is 14.1. The van der Waals surface area contributed by atoms with Crippen LogP contribution in [0, 0.1) is 5.92 Å². The second-order valence-corrected chi connectivity index (χ2v) is 7.47. The Balaban J connectivity index is 3.08. The molecule has 0 spiro atoms. The summed E-state index contributed by atoms with van der Waals surface area (Å²) in [5.74, 6) is 0.0293. The van der Waals surface area contributed by atoms with Crippen molar-refractivity contribution < 1.29 is 10.2 Å². The van der Waals surface area contributed by atoms with Gasteiger partial charge in [0.25, 0.3) is 0 Å². The molecule has 2 atom stereocenters. The largest absolute Gasteiger partial charge is 0.396 e. The van der Waals surface area contributed by atoms with Crippen LogP contribution in [0.3, 0.4) is 0 Å². The maximum Gasteiger partial charge on any atom is 0.0587 e. The zero-order valence-electron chi connectivity index (χ0n) is 16.1. The first-order chi connectivity index (χ1) is 11.2. The molecule has 0 aliphatic heterocycles. The summed E-state index contributed by atoms with van der Waals surface area (Å²) >= 11 is 0. The Morgan fingerprint density at radius 3 is 1.30 bits per heavy atom. The van der Waals surface area contributed by atoms with Crippen molar-refractivity contribution in [3.63, 3.8) is 0 Å². The van der Waals surface area contributed by atoms with Crippen LogP contribution in [0.2, 0.25) is 0 Å². The molecule has 0 heterocycles. The molecule has 0 bridgehead atoms. The van der Waals surface area contributed by atoms with Crippen molar-refractivity contribution in [2.75, 3.05) is 6.61 Å². The van der Waals surface area contributed by atoms with Crippen LogP contribution in [0.5, 0.6) is 0 Å². The van der Waals surface area contributed by atoms with Crippen LogP contribution in [0.4, 0.5) is 0 Å². The summed E-state index contributed by atoms with van der Waals surface area (Å²) in [6, 6.07) is 0. The molecule has 2 nitrogen and oxygen atoms in total. The van der Waals surface area contributed by atoms with E-state index in [0.29, 0.717) is 0 Å². The fourth-order valence-corrected chi connectivity index (χ4v) is 3.13. The zero-order chi connectivity index (χ0) is 17.2. The highest BCUT2D eigenvalue weighted by Crippen LogP contribution is 2.15. The van der Waals surface area contributed by atoms with Crippen molar-refractivity contribution in [2.45, 2.75) is 123 Å². The van der Waals surface area contributed by atoms with Gasteiger partial charge in [-0.3, -0.25) is 0 Å². The van der Waals surface area contributed by atoms with E-state index in [4.69, 9.17) is 5.11 Å². The number of unbranched alkanes of at least 4 members (excludes halogenated alkanes) is 14. The maximum absolute atomic E-state index is 9.76. The van der Waals surface area contributed by atoms with Gasteiger partial charge in [0.05, 0.1) is 6.10 Å². The van der Waals surface area contributed by atoms with Crippen LogP contribution in [0.25, 0.3) is 0 Å². The first-order valence-corrected chi connectivity index (χ1v) is 10.5. The number of hydrogen-bond donors (Lipinski definition) is 2. The van der Waals surface area contributed by atoms with Gasteiger partial charge in [-0.2, -0.15) is 0 Å². The maximum atomic E-state index is 9.76. The Bertz CT molecular complexity index is 218. The Morgan fingerprint density at radius 2 is 0.957 bits per heavy atom. The minimum Gasteiger partial charge on any atom is -0.396 e. The summed E-state index contributed by atoms with van der Waals surface area (Å²) in [5.41, 5.74) is 0. The number of rotatable bonds is 18. The van der Waals surface area contributed by atoms with Crippen molar-refractivity contribution in [2.24, 2.45) is 5.92 Å². The minimum atomic E-state index is -0.318. The monoisotopic (exact) mass is 328 g/mol. The van der Waals surface area contributed by atoms with Gasteiger partial charge in [-0.1, -0.05) is 110 Å². The lowest BCUT2D eigenvalue weighted by Gasteiger charge is -2.15. The fourth-order valence-electron chi connectivity index (χ4n) is 3.13. The predicted molar refractivity (Wildman–Crippen MR) is 102 cm³/mol. The minimum absolute atomic E-state index is 0.0293. The Hall–Kier alpha value is -0.0800. The van der Waals surface area contributed by atoms with Crippen LogP contribution in [0.15, 0.2) is 0 Å². The fraction of sp³-hybridized carbons (Fsp3) is 1.00. The zero-order valence-corrected chi connectivity index (χ0v) is 16.1. The topological polar surface area (TPSA) is 40.5 Å². The standard InChI is InChI=1S/C21H44O2/c1-3-4-5-6-7-8-9-10-11-12-13-14-15-16-17-18-21(23)20(2)19-22/h20-23H,3-19H2,1-2H3/t20-,21+/m0/s1. The number of aliphatic hydroxyl groups excluding tert-OH is 2. The quantitative estimate of drug-likeness (QED) is 0.292. The molecular formula is C21H44O2. The second-order valence-electron chi connectivity index (χ2n) is 7.47. The predicted octanol–water partition coefficient (Wildman–Crippen LogP) is 6.24. The van der Waals surface area contributed by atoms with Crippen molar-refractivity contribution in [1.29, 1.82) is 0 Å². The van der Waals surface area contributed by atoms with E-state index in [9.17, 15) is 5.11 Å². The van der Waals surface area contributed by atoms with Gasteiger partial charge in [0.2, 0.25) is 0 Å². The van der Waals surface area contributed by atoms with Gasteiger partial charge in [0.15, 0.2) is 0 Å². The van der Waals surface area contributed by atoms with E-state index in [1.165, 1.54) is 89.9 Å². The van der Waals surface area contributed by atoms with E-state index in [1.807, 2.05) is 6.92 Å². The molecule has 23 heavy (non-hydrogen) atoms. The second kappa shape index (κ2) is 18.3. The molecular weight excluding hydrogens is 284 g/mol. The van der Waals surface area contributed by atoms with E-state index in [-0.39, 0.29) is 18.6 Å². The van der Waals surface area contributed by atoms with E-state index >= 15 is 0 Å². The van der Waals surface area contributed by atoms with Gasteiger partial charge < -0.3 is 10.2 Å². The average molecular weight is 329 g/mol. The van der Waals surface area contributed by atoms with Crippen molar-refractivity contribution in [1.82, 2.24) is 0 Å². The first-order valence-electron chi connectivity index (χ1n) is 10.5. The van der Waals surface area contributed by atoms with Gasteiger partial charge in [0.1, 0.15) is 0 Å². The molecule has 0 aromatic heterocycles. The third-order valence-corrected chi connectivity index (χ3v) is 5.05. The molecule has 140 valence electrons. The van der Waals surface area contributed by atoms with E-state index < -0.39 is 0 Å². The van der Waals surface area contributed by atoms with Crippen LogP contribution in [-0.4, -0.2) is 22.9 Å². The molecule has 0 aliphatic carbocycles. The summed E-state index contributed by atoms with van der Waals surface area (Å²) in [6.07, 6.45) is 21.1. The summed E-state index contributed by atoms with van der Waals surface area (Å²) in [5, 5.41) is 18.7. The molecule has 0 aromatic rings. The summed E-state index contributed by atoms with van der Waals surface area (Å²) in [4.78, 5) is 0. The van der Waals surface area contributed by atoms with E-state index in [1.54, 1.807) is 0 Å². The highest BCUT2D eigenvalue weighted by atomic mass is 16.3. The van der Waals surface area contributed by atoms with Crippen molar-refractivity contribution in [3.05, 3.63) is 0 Å². The Morgan fingerprint density at radius 1 is 0.609 bits per heavy atom. The third-order valence-electron chi connectivity index (χ3n) is 5.05. The molecule has 0 rings (SSSR count). The van der Waals surface area contributed by atoms with Gasteiger partial charge in [-0.05, 0) is 6.42 Å². The van der Waals surface area contributed by atoms with Gasteiger partial charge in [0, 0.05) is 12.5 Å². The van der Waals surface area contributed by atoms with Gasteiger partial charge in [-0.25, -0.2) is 0 Å². The molecule has 2 heteroatoms.